The first-order valence-electron chi connectivity index (χ1n) is 6.66. The Morgan fingerprint density at radius 2 is 1.95 bits per heavy atom. The summed E-state index contributed by atoms with van der Waals surface area (Å²) in [6, 6.07) is 8.85. The molecule has 0 heterocycles. The minimum Gasteiger partial charge on any atom is -0.487 e. The van der Waals surface area contributed by atoms with Gasteiger partial charge in [-0.3, -0.25) is 0 Å². The fourth-order valence-corrected chi connectivity index (χ4v) is 2.15. The van der Waals surface area contributed by atoms with Gasteiger partial charge in [-0.25, -0.2) is 8.78 Å². The molecule has 0 aromatic heterocycles. The molecule has 1 N–H and O–H groups in total. The van der Waals surface area contributed by atoms with Crippen LogP contribution in [0.5, 0.6) is 5.75 Å². The Labute approximate surface area is 127 Å². The fourth-order valence-electron chi connectivity index (χ4n) is 1.90. The van der Waals surface area contributed by atoms with E-state index in [1.165, 1.54) is 12.1 Å². The van der Waals surface area contributed by atoms with Crippen LogP contribution in [0.2, 0.25) is 5.02 Å². The van der Waals surface area contributed by atoms with Crippen LogP contribution >= 0.6 is 11.6 Å². The third-order valence-corrected chi connectivity index (χ3v) is 3.30. The van der Waals surface area contributed by atoms with Crippen molar-refractivity contribution in [3.05, 3.63) is 64.2 Å². The highest BCUT2D eigenvalue weighted by Crippen LogP contribution is 2.29. The van der Waals surface area contributed by atoms with Crippen molar-refractivity contribution >= 4 is 11.6 Å². The molecule has 112 valence electrons. The van der Waals surface area contributed by atoms with Crippen LogP contribution in [0.3, 0.4) is 0 Å². The van der Waals surface area contributed by atoms with Crippen molar-refractivity contribution in [2.75, 3.05) is 6.54 Å². The second kappa shape index (κ2) is 7.38. The van der Waals surface area contributed by atoms with Crippen molar-refractivity contribution in [1.29, 1.82) is 0 Å². The van der Waals surface area contributed by atoms with Crippen LogP contribution in [-0.2, 0) is 13.2 Å². The molecule has 0 aliphatic rings. The van der Waals surface area contributed by atoms with Crippen molar-refractivity contribution in [2.24, 2.45) is 0 Å². The van der Waals surface area contributed by atoms with Gasteiger partial charge in [-0.15, -0.1) is 0 Å². The molecule has 0 atom stereocenters. The van der Waals surface area contributed by atoms with E-state index < -0.39 is 11.6 Å². The van der Waals surface area contributed by atoms with Gasteiger partial charge in [-0.2, -0.15) is 0 Å². The summed E-state index contributed by atoms with van der Waals surface area (Å²) in [6.45, 7) is 3.42. The minimum absolute atomic E-state index is 0.00499. The molecule has 0 unspecified atom stereocenters. The molecule has 2 rings (SSSR count). The molecule has 0 aliphatic carbocycles. The highest BCUT2D eigenvalue weighted by atomic mass is 35.5. The van der Waals surface area contributed by atoms with Gasteiger partial charge in [0, 0.05) is 23.7 Å². The third-order valence-electron chi connectivity index (χ3n) is 3.00. The Morgan fingerprint density at radius 3 is 2.67 bits per heavy atom. The lowest BCUT2D eigenvalue weighted by Gasteiger charge is -2.14. The number of benzene rings is 2. The molecule has 2 aromatic rings. The number of hydrogen-bond donors (Lipinski definition) is 1. The van der Waals surface area contributed by atoms with E-state index in [0.29, 0.717) is 17.3 Å². The lowest BCUT2D eigenvalue weighted by atomic mass is 10.2. The molecular weight excluding hydrogens is 296 g/mol. The molecule has 5 heteroatoms. The van der Waals surface area contributed by atoms with Crippen molar-refractivity contribution in [1.82, 2.24) is 5.32 Å². The van der Waals surface area contributed by atoms with Gasteiger partial charge in [0.15, 0.2) is 0 Å². The highest BCUT2D eigenvalue weighted by molar-refractivity contribution is 6.32. The van der Waals surface area contributed by atoms with Gasteiger partial charge in [0.05, 0.1) is 5.02 Å². The van der Waals surface area contributed by atoms with Crippen LogP contribution in [-0.4, -0.2) is 6.54 Å². The van der Waals surface area contributed by atoms with Crippen molar-refractivity contribution < 1.29 is 13.5 Å². The summed E-state index contributed by atoms with van der Waals surface area (Å²) in [6.07, 6.45) is 0. The fraction of sp³-hybridized carbons (Fsp3) is 0.250. The summed E-state index contributed by atoms with van der Waals surface area (Å²) in [7, 11) is 0. The second-order valence-corrected chi connectivity index (χ2v) is 4.94. The molecular formula is C16H16ClF2NO. The maximum atomic E-state index is 13.6. The number of ether oxygens (including phenoxy) is 1. The van der Waals surface area contributed by atoms with Crippen LogP contribution < -0.4 is 10.1 Å². The predicted octanol–water partition coefficient (Wildman–Crippen LogP) is 4.31. The first-order chi connectivity index (χ1) is 10.1. The Balaban J connectivity index is 2.15. The summed E-state index contributed by atoms with van der Waals surface area (Å²) < 4.78 is 32.1. The molecule has 0 aliphatic heterocycles. The van der Waals surface area contributed by atoms with E-state index in [0.717, 1.165) is 18.2 Å². The van der Waals surface area contributed by atoms with Gasteiger partial charge in [0.2, 0.25) is 0 Å². The van der Waals surface area contributed by atoms with Crippen LogP contribution in [0.15, 0.2) is 36.4 Å². The Hall–Kier alpha value is -1.65. The summed E-state index contributed by atoms with van der Waals surface area (Å²) in [5.41, 5.74) is 1.18. The minimum atomic E-state index is -0.629. The Morgan fingerprint density at radius 1 is 1.14 bits per heavy atom. The topological polar surface area (TPSA) is 21.3 Å². The smallest absolute Gasteiger partial charge is 0.142 e. The Kier molecular flexibility index (Phi) is 5.53. The number of nitrogens with one attached hydrogen (secondary N) is 1. The zero-order valence-corrected chi connectivity index (χ0v) is 12.4. The van der Waals surface area contributed by atoms with Crippen LogP contribution in [0.25, 0.3) is 0 Å². The molecule has 0 saturated heterocycles. The zero-order valence-electron chi connectivity index (χ0n) is 11.6. The molecule has 0 bridgehead atoms. The highest BCUT2D eigenvalue weighted by Gasteiger charge is 2.10. The third kappa shape index (κ3) is 4.16. The van der Waals surface area contributed by atoms with E-state index >= 15 is 0 Å². The summed E-state index contributed by atoms with van der Waals surface area (Å²) in [5, 5.41) is 3.65. The molecule has 0 saturated carbocycles. The van der Waals surface area contributed by atoms with E-state index in [-0.39, 0.29) is 12.2 Å². The van der Waals surface area contributed by atoms with Crippen molar-refractivity contribution in [3.63, 3.8) is 0 Å². The molecule has 0 fully saturated rings. The first kappa shape index (κ1) is 15.7. The lowest BCUT2D eigenvalue weighted by Crippen LogP contribution is -2.13. The normalized spacial score (nSPS) is 10.7. The van der Waals surface area contributed by atoms with E-state index in [1.807, 2.05) is 19.1 Å². The average Bonchev–Trinajstić information content (AvgIpc) is 2.45. The quantitative estimate of drug-likeness (QED) is 0.858. The van der Waals surface area contributed by atoms with E-state index in [2.05, 4.69) is 5.32 Å². The van der Waals surface area contributed by atoms with Gasteiger partial charge in [0.1, 0.15) is 24.0 Å². The van der Waals surface area contributed by atoms with Gasteiger partial charge >= 0.3 is 0 Å². The molecule has 0 amide bonds. The maximum absolute atomic E-state index is 13.6. The number of para-hydroxylation sites is 1. The Bertz CT molecular complexity index is 619. The van der Waals surface area contributed by atoms with E-state index in [9.17, 15) is 8.78 Å². The maximum Gasteiger partial charge on any atom is 0.142 e. The lowest BCUT2D eigenvalue weighted by molar-refractivity contribution is 0.296. The van der Waals surface area contributed by atoms with Gasteiger partial charge < -0.3 is 10.1 Å². The predicted molar refractivity (Wildman–Crippen MR) is 79.5 cm³/mol. The molecule has 0 radical (unpaired) electrons. The van der Waals surface area contributed by atoms with Crippen LogP contribution in [0.1, 0.15) is 18.1 Å². The summed E-state index contributed by atoms with van der Waals surface area (Å²) in [4.78, 5) is 0. The van der Waals surface area contributed by atoms with Gasteiger partial charge in [0.25, 0.3) is 0 Å². The average molecular weight is 312 g/mol. The van der Waals surface area contributed by atoms with Crippen molar-refractivity contribution in [3.8, 4) is 5.75 Å². The molecule has 2 nitrogen and oxygen atoms in total. The summed E-state index contributed by atoms with van der Waals surface area (Å²) in [5.74, 6) is -0.721. The number of rotatable bonds is 6. The molecule has 21 heavy (non-hydrogen) atoms. The van der Waals surface area contributed by atoms with Gasteiger partial charge in [-0.05, 0) is 24.7 Å². The van der Waals surface area contributed by atoms with Crippen LogP contribution in [0.4, 0.5) is 8.78 Å². The first-order valence-corrected chi connectivity index (χ1v) is 7.04. The number of halogens is 3. The van der Waals surface area contributed by atoms with Crippen LogP contribution in [0, 0.1) is 11.6 Å². The molecule has 2 aromatic carbocycles. The summed E-state index contributed by atoms with van der Waals surface area (Å²) >= 11 is 6.13. The largest absolute Gasteiger partial charge is 0.487 e. The SMILES string of the molecule is CCNCc1cccc(Cl)c1OCc1ccc(F)cc1F. The number of hydrogen-bond acceptors (Lipinski definition) is 2. The molecule has 0 spiro atoms. The second-order valence-electron chi connectivity index (χ2n) is 4.53. The standard InChI is InChI=1S/C16H16ClF2NO/c1-2-20-9-11-4-3-5-14(17)16(11)21-10-12-6-7-13(18)8-15(12)19/h3-8,20H,2,9-10H2,1H3. The van der Waals surface area contributed by atoms with E-state index in [1.54, 1.807) is 6.07 Å². The monoisotopic (exact) mass is 311 g/mol. The van der Waals surface area contributed by atoms with Crippen molar-refractivity contribution in [2.45, 2.75) is 20.1 Å². The van der Waals surface area contributed by atoms with E-state index in [4.69, 9.17) is 16.3 Å². The zero-order chi connectivity index (χ0) is 15.2. The van der Waals surface area contributed by atoms with Gasteiger partial charge in [-0.1, -0.05) is 30.7 Å².